The Balaban J connectivity index is 2.20. The first-order chi connectivity index (χ1) is 15.0. The van der Waals surface area contributed by atoms with E-state index in [1.165, 1.54) is 31.4 Å². The van der Waals surface area contributed by atoms with Crippen LogP contribution in [0.5, 0.6) is 5.75 Å². The van der Waals surface area contributed by atoms with Crippen LogP contribution in [0.25, 0.3) is 0 Å². The maximum absolute atomic E-state index is 12.9. The van der Waals surface area contributed by atoms with Crippen molar-refractivity contribution < 1.29 is 22.8 Å². The van der Waals surface area contributed by atoms with Crippen molar-refractivity contribution in [2.75, 3.05) is 25.0 Å². The number of pyridine rings is 1. The molecule has 13 heteroatoms. The summed E-state index contributed by atoms with van der Waals surface area (Å²) in [5.41, 5.74) is 10.5. The summed E-state index contributed by atoms with van der Waals surface area (Å²) >= 11 is 0. The summed E-state index contributed by atoms with van der Waals surface area (Å²) in [6.07, 6.45) is 0. The van der Waals surface area contributed by atoms with Gasteiger partial charge in [0.1, 0.15) is 29.5 Å². The molecule has 0 spiro atoms. The van der Waals surface area contributed by atoms with E-state index in [0.29, 0.717) is 11.3 Å². The number of carbonyl (C=O) groups is 1. The van der Waals surface area contributed by atoms with Crippen molar-refractivity contribution in [2.24, 2.45) is 16.6 Å². The van der Waals surface area contributed by atoms with Crippen molar-refractivity contribution in [3.8, 4) is 5.75 Å². The topological polar surface area (TPSA) is 180 Å². The molecule has 1 amide bonds. The number of ether oxygens (including phenoxy) is 1. The maximum Gasteiger partial charge on any atom is 0.275 e. The van der Waals surface area contributed by atoms with E-state index in [4.69, 9.17) is 21.0 Å². The van der Waals surface area contributed by atoms with Crippen molar-refractivity contribution in [3.63, 3.8) is 0 Å². The van der Waals surface area contributed by atoms with Crippen molar-refractivity contribution in [2.45, 2.75) is 25.3 Å². The smallest absolute Gasteiger partial charge is 0.275 e. The predicted octanol–water partition coefficient (Wildman–Crippen LogP) is -0.404. The van der Waals surface area contributed by atoms with Crippen LogP contribution >= 0.6 is 0 Å². The molecular weight excluding hydrogens is 440 g/mol. The molecule has 0 aliphatic rings. The average molecular weight is 467 g/mol. The number of anilines is 1. The molecule has 0 aliphatic carbocycles. The van der Waals surface area contributed by atoms with Gasteiger partial charge in [0.05, 0.1) is 13.7 Å². The third kappa shape index (κ3) is 6.38. The fourth-order valence-electron chi connectivity index (χ4n) is 2.69. The summed E-state index contributed by atoms with van der Waals surface area (Å²) in [6.45, 7) is 3.16. The van der Waals surface area contributed by atoms with Crippen LogP contribution in [0.3, 0.4) is 0 Å². The molecule has 2 rings (SSSR count). The van der Waals surface area contributed by atoms with Crippen LogP contribution in [0.4, 0.5) is 5.69 Å². The Morgan fingerprint density at radius 3 is 2.56 bits per heavy atom. The Hall–Kier alpha value is -3.74. The van der Waals surface area contributed by atoms with Gasteiger partial charge in [-0.2, -0.15) is 0 Å². The van der Waals surface area contributed by atoms with E-state index in [0.717, 1.165) is 4.57 Å². The van der Waals surface area contributed by atoms with E-state index >= 15 is 0 Å². The molecule has 2 aromatic rings. The van der Waals surface area contributed by atoms with Crippen LogP contribution in [0.2, 0.25) is 0 Å². The summed E-state index contributed by atoms with van der Waals surface area (Å²) in [7, 11) is -2.77. The van der Waals surface area contributed by atoms with E-state index in [1.807, 2.05) is 0 Å². The fourth-order valence-corrected chi connectivity index (χ4v) is 4.01. The maximum atomic E-state index is 12.9. The van der Waals surface area contributed by atoms with E-state index < -0.39 is 21.5 Å². The third-order valence-electron chi connectivity index (χ3n) is 4.23. The Morgan fingerprint density at radius 1 is 1.19 bits per heavy atom. The molecule has 6 N–H and O–H groups in total. The molecule has 0 aliphatic heterocycles. The number of oxime groups is 1. The fraction of sp³-hybridized carbons (Fsp3) is 0.316. The predicted molar refractivity (Wildman–Crippen MR) is 119 cm³/mol. The van der Waals surface area contributed by atoms with Gasteiger partial charge in [0.15, 0.2) is 0 Å². The Bertz CT molecular complexity index is 1170. The number of hydrogen-bond donors (Lipinski definition) is 4. The number of rotatable bonds is 10. The van der Waals surface area contributed by atoms with Gasteiger partial charge < -0.3 is 30.9 Å². The van der Waals surface area contributed by atoms with Crippen LogP contribution in [-0.2, 0) is 26.2 Å². The number of benzene rings is 1. The van der Waals surface area contributed by atoms with Gasteiger partial charge in [-0.3, -0.25) is 14.3 Å². The van der Waals surface area contributed by atoms with Crippen molar-refractivity contribution in [1.29, 1.82) is 0 Å². The molecule has 1 aromatic heterocycles. The Kier molecular flexibility index (Phi) is 8.07. The van der Waals surface area contributed by atoms with Crippen molar-refractivity contribution in [3.05, 3.63) is 51.9 Å². The lowest BCUT2D eigenvalue weighted by molar-refractivity contribution is -0.122. The van der Waals surface area contributed by atoms with Gasteiger partial charge in [0.2, 0.25) is 11.9 Å². The van der Waals surface area contributed by atoms with Gasteiger partial charge in [0, 0.05) is 5.69 Å². The zero-order valence-electron chi connectivity index (χ0n) is 17.9. The minimum atomic E-state index is -4.12. The lowest BCUT2D eigenvalue weighted by Gasteiger charge is -2.15. The van der Waals surface area contributed by atoms with Gasteiger partial charge >= 0.3 is 0 Å². The number of aryl methyl sites for hydroxylation is 2. The van der Waals surface area contributed by atoms with E-state index in [1.54, 1.807) is 19.9 Å². The SMILES string of the molecule is COc1ccc(C)cc1S(=O)(=O)Nc1ccc(C)n(CC(=O)NCCON=C(N)N)c1=O. The molecule has 0 fully saturated rings. The number of nitrogens with zero attached hydrogens (tertiary/aromatic N) is 2. The zero-order valence-corrected chi connectivity index (χ0v) is 18.7. The number of aromatic nitrogens is 1. The molecule has 0 bridgehead atoms. The minimum Gasteiger partial charge on any atom is -0.495 e. The van der Waals surface area contributed by atoms with Crippen LogP contribution in [0.1, 0.15) is 11.3 Å². The second kappa shape index (κ2) is 10.5. The largest absolute Gasteiger partial charge is 0.495 e. The standard InChI is InChI=1S/C19H26N6O6S/c1-12-4-7-15(30-3)16(10-12)32(28,29)24-14-6-5-13(2)25(18(14)27)11-17(26)22-8-9-31-23-19(20)21/h4-7,10,24H,8-9,11H2,1-3H3,(H,22,26)(H4,20,21,23). The highest BCUT2D eigenvalue weighted by molar-refractivity contribution is 7.92. The monoisotopic (exact) mass is 466 g/mol. The quantitative estimate of drug-likeness (QED) is 0.158. The molecule has 0 saturated carbocycles. The van der Waals surface area contributed by atoms with Crippen LogP contribution < -0.4 is 31.8 Å². The molecule has 1 heterocycles. The van der Waals surface area contributed by atoms with Gasteiger partial charge in [-0.05, 0) is 48.8 Å². The summed E-state index contributed by atoms with van der Waals surface area (Å²) < 4.78 is 34.4. The van der Waals surface area contributed by atoms with Crippen LogP contribution in [0.15, 0.2) is 45.2 Å². The molecule has 174 valence electrons. The third-order valence-corrected chi connectivity index (χ3v) is 5.62. The summed E-state index contributed by atoms with van der Waals surface area (Å²) in [5, 5.41) is 5.86. The first-order valence-electron chi connectivity index (χ1n) is 9.40. The van der Waals surface area contributed by atoms with Gasteiger partial charge in [-0.25, -0.2) is 8.42 Å². The van der Waals surface area contributed by atoms with E-state index in [2.05, 4.69) is 15.2 Å². The van der Waals surface area contributed by atoms with E-state index in [9.17, 15) is 18.0 Å². The molecule has 12 nitrogen and oxygen atoms in total. The van der Waals surface area contributed by atoms with E-state index in [-0.39, 0.29) is 42.0 Å². The van der Waals surface area contributed by atoms with Crippen molar-refractivity contribution >= 4 is 27.6 Å². The lowest BCUT2D eigenvalue weighted by atomic mass is 10.2. The van der Waals surface area contributed by atoms with Gasteiger partial charge in [0.25, 0.3) is 15.6 Å². The summed E-state index contributed by atoms with van der Waals surface area (Å²) in [6, 6.07) is 7.54. The number of nitrogens with two attached hydrogens (primary N) is 2. The number of nitrogens with one attached hydrogen (secondary N) is 2. The Labute approximate surface area is 185 Å². The average Bonchev–Trinajstić information content (AvgIpc) is 2.72. The van der Waals surface area contributed by atoms with Gasteiger partial charge in [-0.15, -0.1) is 0 Å². The zero-order chi connectivity index (χ0) is 23.9. The number of guanidine groups is 1. The number of hydrogen-bond acceptors (Lipinski definition) is 7. The molecule has 32 heavy (non-hydrogen) atoms. The number of sulfonamides is 1. The summed E-state index contributed by atoms with van der Waals surface area (Å²) in [4.78, 5) is 29.7. The normalized spacial score (nSPS) is 10.8. The second-order valence-electron chi connectivity index (χ2n) is 6.74. The molecule has 0 atom stereocenters. The molecule has 0 radical (unpaired) electrons. The molecule has 0 saturated heterocycles. The lowest BCUT2D eigenvalue weighted by Crippen LogP contribution is -2.36. The number of carbonyl (C=O) groups excluding carboxylic acids is 1. The van der Waals surface area contributed by atoms with Crippen LogP contribution in [-0.4, -0.2) is 45.1 Å². The highest BCUT2D eigenvalue weighted by atomic mass is 32.2. The van der Waals surface area contributed by atoms with Crippen molar-refractivity contribution in [1.82, 2.24) is 9.88 Å². The molecule has 1 aromatic carbocycles. The molecular formula is C19H26N6O6S. The van der Waals surface area contributed by atoms with Crippen LogP contribution in [0, 0.1) is 13.8 Å². The first-order valence-corrected chi connectivity index (χ1v) is 10.9. The molecule has 0 unspecified atom stereocenters. The Morgan fingerprint density at radius 2 is 1.91 bits per heavy atom. The summed E-state index contributed by atoms with van der Waals surface area (Å²) in [5.74, 6) is -0.595. The van der Waals surface area contributed by atoms with Gasteiger partial charge in [-0.1, -0.05) is 6.07 Å². The number of amides is 1. The highest BCUT2D eigenvalue weighted by Crippen LogP contribution is 2.26. The second-order valence-corrected chi connectivity index (χ2v) is 8.39. The first kappa shape index (κ1) is 24.5. The minimum absolute atomic E-state index is 0.0235. The highest BCUT2D eigenvalue weighted by Gasteiger charge is 2.22. The number of methoxy groups -OCH3 is 1.